The highest BCUT2D eigenvalue weighted by atomic mass is 35.5. The molecule has 3 atom stereocenters. The molecular formula is C23H23Cl2NO4S2. The van der Waals surface area contributed by atoms with E-state index in [2.05, 4.69) is 0 Å². The predicted molar refractivity (Wildman–Crippen MR) is 131 cm³/mol. The number of halogens is 2. The Labute approximate surface area is 207 Å². The summed E-state index contributed by atoms with van der Waals surface area (Å²) in [4.78, 5) is 27.5. The van der Waals surface area contributed by atoms with Crippen LogP contribution < -0.4 is 4.74 Å². The molecule has 0 N–H and O–H groups in total. The largest absolute Gasteiger partial charge is 0.426 e. The molecule has 0 radical (unpaired) electrons. The number of rotatable bonds is 6. The molecular weight excluding hydrogens is 489 g/mol. The first-order chi connectivity index (χ1) is 15.2. The molecule has 2 saturated heterocycles. The molecule has 4 rings (SSSR count). The van der Waals surface area contributed by atoms with E-state index in [-0.39, 0.29) is 39.7 Å². The minimum Gasteiger partial charge on any atom is -0.426 e. The zero-order valence-corrected chi connectivity index (χ0v) is 20.8. The van der Waals surface area contributed by atoms with Gasteiger partial charge in [0.1, 0.15) is 14.6 Å². The van der Waals surface area contributed by atoms with E-state index < -0.39 is 0 Å². The first kappa shape index (κ1) is 23.8. The average molecular weight is 512 g/mol. The highest BCUT2D eigenvalue weighted by Crippen LogP contribution is 2.60. The molecule has 1 aromatic rings. The number of hydrogen-bond donors (Lipinski definition) is 0. The van der Waals surface area contributed by atoms with Crippen molar-refractivity contribution in [2.45, 2.75) is 32.8 Å². The van der Waals surface area contributed by atoms with Crippen LogP contribution in [0.3, 0.4) is 0 Å². The van der Waals surface area contributed by atoms with E-state index in [1.54, 1.807) is 41.3 Å². The molecule has 5 nitrogen and oxygen atoms in total. The van der Waals surface area contributed by atoms with Gasteiger partial charge in [-0.25, -0.2) is 0 Å². The van der Waals surface area contributed by atoms with Crippen LogP contribution in [0.25, 0.3) is 6.08 Å². The van der Waals surface area contributed by atoms with Gasteiger partial charge in [0.05, 0.1) is 23.5 Å². The van der Waals surface area contributed by atoms with Crippen molar-refractivity contribution in [3.05, 3.63) is 45.3 Å². The lowest BCUT2D eigenvalue weighted by Gasteiger charge is -2.18. The number of carbonyl (C=O) groups excluding carboxylic acids is 2. The quantitative estimate of drug-likeness (QED) is 0.215. The van der Waals surface area contributed by atoms with Gasteiger partial charge in [0, 0.05) is 6.61 Å². The van der Waals surface area contributed by atoms with Crippen LogP contribution in [0, 0.1) is 17.3 Å². The third kappa shape index (κ3) is 5.07. The van der Waals surface area contributed by atoms with Crippen molar-refractivity contribution in [1.82, 2.24) is 4.90 Å². The van der Waals surface area contributed by atoms with Crippen molar-refractivity contribution in [2.24, 2.45) is 17.3 Å². The third-order valence-corrected chi connectivity index (χ3v) is 7.78. The van der Waals surface area contributed by atoms with Crippen LogP contribution in [-0.2, 0) is 14.3 Å². The second-order valence-corrected chi connectivity index (χ2v) is 11.4. The topological polar surface area (TPSA) is 55.8 Å². The van der Waals surface area contributed by atoms with Gasteiger partial charge in [0.15, 0.2) is 0 Å². The van der Waals surface area contributed by atoms with E-state index in [1.807, 2.05) is 13.8 Å². The molecule has 0 bridgehead atoms. The molecule has 0 aromatic heterocycles. The Hall–Kier alpha value is -1.38. The summed E-state index contributed by atoms with van der Waals surface area (Å²) in [5, 5.41) is 0. The highest BCUT2D eigenvalue weighted by molar-refractivity contribution is 8.26. The van der Waals surface area contributed by atoms with Gasteiger partial charge in [-0.15, -0.1) is 0 Å². The molecule has 170 valence electrons. The molecule has 3 aliphatic rings. The molecule has 1 amide bonds. The van der Waals surface area contributed by atoms with E-state index in [0.29, 0.717) is 21.5 Å². The monoisotopic (exact) mass is 511 g/mol. The van der Waals surface area contributed by atoms with Crippen molar-refractivity contribution in [1.29, 1.82) is 0 Å². The van der Waals surface area contributed by atoms with Crippen LogP contribution in [0.5, 0.6) is 5.75 Å². The number of benzene rings is 1. The lowest BCUT2D eigenvalue weighted by molar-refractivity contribution is -0.136. The van der Waals surface area contributed by atoms with Crippen molar-refractivity contribution in [3.63, 3.8) is 0 Å². The first-order valence-electron chi connectivity index (χ1n) is 10.4. The molecule has 3 fully saturated rings. The molecule has 2 aliphatic heterocycles. The summed E-state index contributed by atoms with van der Waals surface area (Å²) in [6.45, 7) is 5.20. The number of amides is 1. The predicted octanol–water partition coefficient (Wildman–Crippen LogP) is 5.56. The van der Waals surface area contributed by atoms with E-state index in [9.17, 15) is 9.59 Å². The SMILES string of the molecule is CC1(C)C(C=C(Cl)Cl)C1C(=O)Oc1ccc(/C=C2\SC(=S)N(CC3CCCO3)C2=O)cc1. The van der Waals surface area contributed by atoms with Gasteiger partial charge >= 0.3 is 5.97 Å². The Morgan fingerprint density at radius 3 is 2.69 bits per heavy atom. The summed E-state index contributed by atoms with van der Waals surface area (Å²) < 4.78 is 11.9. The number of thiocarbonyl (C=S) groups is 1. The fourth-order valence-electron chi connectivity index (χ4n) is 4.19. The lowest BCUT2D eigenvalue weighted by atomic mass is 10.1. The number of allylic oxidation sites excluding steroid dienone is 1. The first-order valence-corrected chi connectivity index (χ1v) is 12.4. The van der Waals surface area contributed by atoms with Crippen molar-refractivity contribution >= 4 is 69.5 Å². The van der Waals surface area contributed by atoms with Gasteiger partial charge in [-0.2, -0.15) is 0 Å². The fraction of sp³-hybridized carbons (Fsp3) is 0.435. The Bertz CT molecular complexity index is 996. The van der Waals surface area contributed by atoms with E-state index >= 15 is 0 Å². The van der Waals surface area contributed by atoms with Crippen molar-refractivity contribution in [3.8, 4) is 5.75 Å². The maximum Gasteiger partial charge on any atom is 0.315 e. The second-order valence-electron chi connectivity index (χ2n) is 8.70. The van der Waals surface area contributed by atoms with Gasteiger partial charge < -0.3 is 9.47 Å². The summed E-state index contributed by atoms with van der Waals surface area (Å²) in [6.07, 6.45) is 5.51. The van der Waals surface area contributed by atoms with E-state index in [0.717, 1.165) is 25.0 Å². The molecule has 3 unspecified atom stereocenters. The Balaban J connectivity index is 1.38. The Morgan fingerprint density at radius 1 is 1.34 bits per heavy atom. The van der Waals surface area contributed by atoms with Crippen molar-refractivity contribution in [2.75, 3.05) is 13.2 Å². The number of ether oxygens (including phenoxy) is 2. The number of esters is 1. The number of nitrogens with zero attached hydrogens (tertiary/aromatic N) is 1. The van der Waals surface area contributed by atoms with Gasteiger partial charge in [0.2, 0.25) is 0 Å². The summed E-state index contributed by atoms with van der Waals surface area (Å²) in [7, 11) is 0. The van der Waals surface area contributed by atoms with Crippen molar-refractivity contribution < 1.29 is 19.1 Å². The molecule has 1 aromatic carbocycles. The van der Waals surface area contributed by atoms with Crippen LogP contribution in [0.2, 0.25) is 0 Å². The molecule has 0 spiro atoms. The smallest absolute Gasteiger partial charge is 0.315 e. The van der Waals surface area contributed by atoms with Crippen LogP contribution in [0.4, 0.5) is 0 Å². The Kier molecular flexibility index (Phi) is 7.03. The lowest BCUT2D eigenvalue weighted by Crippen LogP contribution is -2.35. The molecule has 32 heavy (non-hydrogen) atoms. The van der Waals surface area contributed by atoms with Gasteiger partial charge in [-0.3, -0.25) is 14.5 Å². The second kappa shape index (κ2) is 9.47. The Morgan fingerprint density at radius 2 is 2.06 bits per heavy atom. The standard InChI is InChI=1S/C23H23Cl2NO4S2/c1-23(2)16(11-18(24)25)19(23)21(28)30-14-7-5-13(6-8-14)10-17-20(27)26(22(31)32-17)12-15-4-3-9-29-15/h5-8,10-11,15-16,19H,3-4,9,12H2,1-2H3/b17-10-. The summed E-state index contributed by atoms with van der Waals surface area (Å²) in [6, 6.07) is 7.04. The molecule has 1 aliphatic carbocycles. The summed E-state index contributed by atoms with van der Waals surface area (Å²) >= 11 is 18.2. The van der Waals surface area contributed by atoms with Crippen LogP contribution in [-0.4, -0.2) is 40.4 Å². The maximum absolute atomic E-state index is 12.8. The zero-order chi connectivity index (χ0) is 23.0. The number of hydrogen-bond acceptors (Lipinski definition) is 6. The highest BCUT2D eigenvalue weighted by Gasteiger charge is 2.61. The fourth-order valence-corrected chi connectivity index (χ4v) is 5.73. The minimum absolute atomic E-state index is 0.0455. The molecule has 2 heterocycles. The molecule has 1 saturated carbocycles. The van der Waals surface area contributed by atoms with E-state index in [4.69, 9.17) is 44.9 Å². The summed E-state index contributed by atoms with van der Waals surface area (Å²) in [5.74, 6) is -0.302. The zero-order valence-electron chi connectivity index (χ0n) is 17.7. The van der Waals surface area contributed by atoms with E-state index in [1.165, 1.54) is 11.8 Å². The minimum atomic E-state index is -0.311. The van der Waals surface area contributed by atoms with Crippen LogP contribution in [0.15, 0.2) is 39.7 Å². The van der Waals surface area contributed by atoms with Gasteiger partial charge in [-0.05, 0) is 54.0 Å². The number of thioether (sulfide) groups is 1. The van der Waals surface area contributed by atoms with Gasteiger partial charge in [-0.1, -0.05) is 73.2 Å². The van der Waals surface area contributed by atoms with Crippen LogP contribution in [0.1, 0.15) is 32.3 Å². The number of carbonyl (C=O) groups is 2. The summed E-state index contributed by atoms with van der Waals surface area (Å²) in [5.41, 5.74) is 0.577. The average Bonchev–Trinajstić information content (AvgIpc) is 3.07. The third-order valence-electron chi connectivity index (χ3n) is 6.15. The molecule has 9 heteroatoms. The maximum atomic E-state index is 12.8. The van der Waals surface area contributed by atoms with Crippen LogP contribution >= 0.6 is 47.2 Å². The normalized spacial score (nSPS) is 27.7. The van der Waals surface area contributed by atoms with Gasteiger partial charge in [0.25, 0.3) is 5.91 Å².